The summed E-state index contributed by atoms with van der Waals surface area (Å²) >= 11 is 5.94. The molecule has 1 aliphatic rings. The maximum Gasteiger partial charge on any atom is 0.225 e. The molecular weight excluding hydrogens is 358 g/mol. The average Bonchev–Trinajstić information content (AvgIpc) is 2.68. The molecular formula is C22H26ClN3O. The molecule has 0 aliphatic carbocycles. The number of nitrogens with one attached hydrogen (secondary N) is 1. The molecule has 0 aromatic heterocycles. The monoisotopic (exact) mass is 383 g/mol. The number of halogens is 1. The van der Waals surface area contributed by atoms with Gasteiger partial charge in [-0.1, -0.05) is 60.2 Å². The van der Waals surface area contributed by atoms with Gasteiger partial charge in [0.15, 0.2) is 0 Å². The number of nitrogens with zero attached hydrogens (tertiary/aromatic N) is 2. The first-order valence-electron chi connectivity index (χ1n) is 9.41. The number of hydrogen-bond acceptors (Lipinski definition) is 3. The highest BCUT2D eigenvalue weighted by Crippen LogP contribution is 2.15. The van der Waals surface area contributed by atoms with E-state index in [-0.39, 0.29) is 5.91 Å². The number of amides is 1. The van der Waals surface area contributed by atoms with Crippen LogP contribution in [-0.4, -0.2) is 55.0 Å². The van der Waals surface area contributed by atoms with Crippen LogP contribution in [0.1, 0.15) is 12.0 Å². The Balaban J connectivity index is 1.33. The molecule has 4 nitrogen and oxygen atoms in total. The molecule has 3 rings (SSSR count). The van der Waals surface area contributed by atoms with Crippen LogP contribution in [0.15, 0.2) is 60.7 Å². The van der Waals surface area contributed by atoms with Gasteiger partial charge in [0.1, 0.15) is 0 Å². The zero-order valence-electron chi connectivity index (χ0n) is 15.5. The van der Waals surface area contributed by atoms with Crippen LogP contribution in [0.5, 0.6) is 0 Å². The van der Waals surface area contributed by atoms with Gasteiger partial charge in [0.2, 0.25) is 5.91 Å². The van der Waals surface area contributed by atoms with E-state index in [1.165, 1.54) is 5.56 Å². The average molecular weight is 384 g/mol. The van der Waals surface area contributed by atoms with Crippen molar-refractivity contribution < 1.29 is 4.79 Å². The van der Waals surface area contributed by atoms with Crippen molar-refractivity contribution in [2.75, 3.05) is 44.6 Å². The highest BCUT2D eigenvalue weighted by molar-refractivity contribution is 6.30. The van der Waals surface area contributed by atoms with E-state index >= 15 is 0 Å². The lowest BCUT2D eigenvalue weighted by Gasteiger charge is -2.34. The van der Waals surface area contributed by atoms with Crippen molar-refractivity contribution in [1.82, 2.24) is 9.80 Å². The number of benzene rings is 2. The Kier molecular flexibility index (Phi) is 7.45. The molecule has 1 aliphatic heterocycles. The molecule has 142 valence electrons. The molecule has 1 heterocycles. The van der Waals surface area contributed by atoms with Crippen LogP contribution in [0.3, 0.4) is 0 Å². The predicted octanol–water partition coefficient (Wildman–Crippen LogP) is 4.00. The van der Waals surface area contributed by atoms with Gasteiger partial charge >= 0.3 is 0 Å². The molecule has 0 saturated carbocycles. The van der Waals surface area contributed by atoms with E-state index in [9.17, 15) is 4.79 Å². The Bertz CT molecular complexity index is 755. The molecule has 1 N–H and O–H groups in total. The van der Waals surface area contributed by atoms with Gasteiger partial charge in [-0.3, -0.25) is 9.69 Å². The standard InChI is InChI=1S/C22H26ClN3O/c23-20-9-4-10-21(18-20)24-22(27)11-13-26-16-14-25(15-17-26)12-5-8-19-6-2-1-3-7-19/h1-10,18H,11-17H2,(H,24,27)/b8-5-. The Morgan fingerprint density at radius 2 is 1.74 bits per heavy atom. The van der Waals surface area contributed by atoms with E-state index in [1.807, 2.05) is 18.2 Å². The summed E-state index contributed by atoms with van der Waals surface area (Å²) in [5.41, 5.74) is 1.99. The fourth-order valence-corrected chi connectivity index (χ4v) is 3.34. The molecule has 2 aromatic rings. The van der Waals surface area contributed by atoms with Crippen LogP contribution in [0.4, 0.5) is 5.69 Å². The first kappa shape index (κ1) is 19.6. The van der Waals surface area contributed by atoms with Crippen molar-refractivity contribution in [2.45, 2.75) is 6.42 Å². The van der Waals surface area contributed by atoms with Gasteiger partial charge in [0.05, 0.1) is 0 Å². The minimum atomic E-state index is 0.0329. The van der Waals surface area contributed by atoms with Gasteiger partial charge < -0.3 is 10.2 Å². The van der Waals surface area contributed by atoms with Crippen molar-refractivity contribution in [3.63, 3.8) is 0 Å². The first-order chi connectivity index (χ1) is 13.2. The Labute approximate surface area is 166 Å². The summed E-state index contributed by atoms with van der Waals surface area (Å²) in [7, 11) is 0. The maximum atomic E-state index is 12.1. The van der Waals surface area contributed by atoms with Crippen LogP contribution in [0, 0.1) is 0 Å². The van der Waals surface area contributed by atoms with Gasteiger partial charge in [-0.15, -0.1) is 0 Å². The van der Waals surface area contributed by atoms with Crippen LogP contribution in [0.25, 0.3) is 6.08 Å². The second kappa shape index (κ2) is 10.3. The Hall–Kier alpha value is -2.14. The van der Waals surface area contributed by atoms with Gasteiger partial charge in [0.25, 0.3) is 0 Å². The molecule has 1 saturated heterocycles. The summed E-state index contributed by atoms with van der Waals surface area (Å²) < 4.78 is 0. The van der Waals surface area contributed by atoms with E-state index in [1.54, 1.807) is 12.1 Å². The van der Waals surface area contributed by atoms with Crippen molar-refractivity contribution in [2.24, 2.45) is 0 Å². The molecule has 0 bridgehead atoms. The third-order valence-electron chi connectivity index (χ3n) is 4.70. The summed E-state index contributed by atoms with van der Waals surface area (Å²) in [5, 5.41) is 3.53. The lowest BCUT2D eigenvalue weighted by Crippen LogP contribution is -2.46. The molecule has 0 radical (unpaired) electrons. The molecule has 27 heavy (non-hydrogen) atoms. The van der Waals surface area contributed by atoms with E-state index in [0.29, 0.717) is 11.4 Å². The van der Waals surface area contributed by atoms with Gasteiger partial charge in [0, 0.05) is 56.4 Å². The second-order valence-corrected chi connectivity index (χ2v) is 7.20. The largest absolute Gasteiger partial charge is 0.326 e. The van der Waals surface area contributed by atoms with E-state index in [2.05, 4.69) is 51.5 Å². The smallest absolute Gasteiger partial charge is 0.225 e. The summed E-state index contributed by atoms with van der Waals surface area (Å²) in [5.74, 6) is 0.0329. The number of piperazine rings is 1. The van der Waals surface area contributed by atoms with Crippen molar-refractivity contribution in [3.05, 3.63) is 71.3 Å². The minimum Gasteiger partial charge on any atom is -0.326 e. The van der Waals surface area contributed by atoms with Crippen molar-refractivity contribution in [1.29, 1.82) is 0 Å². The molecule has 2 aromatic carbocycles. The lowest BCUT2D eigenvalue weighted by atomic mass is 10.2. The van der Waals surface area contributed by atoms with Gasteiger partial charge in [-0.25, -0.2) is 0 Å². The predicted molar refractivity (Wildman–Crippen MR) is 113 cm³/mol. The Morgan fingerprint density at radius 1 is 1.00 bits per heavy atom. The highest BCUT2D eigenvalue weighted by Gasteiger charge is 2.16. The van der Waals surface area contributed by atoms with E-state index < -0.39 is 0 Å². The third-order valence-corrected chi connectivity index (χ3v) is 4.94. The fraction of sp³-hybridized carbons (Fsp3) is 0.318. The van der Waals surface area contributed by atoms with Crippen molar-refractivity contribution in [3.8, 4) is 0 Å². The summed E-state index contributed by atoms with van der Waals surface area (Å²) in [6.45, 7) is 5.84. The molecule has 1 amide bonds. The summed E-state index contributed by atoms with van der Waals surface area (Å²) in [6.07, 6.45) is 4.90. The topological polar surface area (TPSA) is 35.6 Å². The number of carbonyl (C=O) groups is 1. The second-order valence-electron chi connectivity index (χ2n) is 6.76. The zero-order valence-corrected chi connectivity index (χ0v) is 16.2. The number of anilines is 1. The maximum absolute atomic E-state index is 12.1. The number of carbonyl (C=O) groups excluding carboxylic acids is 1. The highest BCUT2D eigenvalue weighted by atomic mass is 35.5. The lowest BCUT2D eigenvalue weighted by molar-refractivity contribution is -0.116. The summed E-state index contributed by atoms with van der Waals surface area (Å²) in [4.78, 5) is 16.9. The molecule has 0 atom stereocenters. The first-order valence-corrected chi connectivity index (χ1v) is 9.78. The molecule has 0 spiro atoms. The Morgan fingerprint density at radius 3 is 2.48 bits per heavy atom. The van der Waals surface area contributed by atoms with Crippen LogP contribution in [0.2, 0.25) is 5.02 Å². The van der Waals surface area contributed by atoms with Gasteiger partial charge in [-0.05, 0) is 23.8 Å². The molecule has 0 unspecified atom stereocenters. The van der Waals surface area contributed by atoms with Crippen LogP contribution >= 0.6 is 11.6 Å². The summed E-state index contributed by atoms with van der Waals surface area (Å²) in [6, 6.07) is 17.6. The van der Waals surface area contributed by atoms with Crippen LogP contribution in [-0.2, 0) is 4.79 Å². The minimum absolute atomic E-state index is 0.0329. The SMILES string of the molecule is O=C(CCN1CCN(C/C=C\c2ccccc2)CC1)Nc1cccc(Cl)c1. The van der Waals surface area contributed by atoms with Crippen LogP contribution < -0.4 is 5.32 Å². The van der Waals surface area contributed by atoms with E-state index in [4.69, 9.17) is 11.6 Å². The number of hydrogen-bond donors (Lipinski definition) is 1. The normalized spacial score (nSPS) is 15.9. The zero-order chi connectivity index (χ0) is 18.9. The van der Waals surface area contributed by atoms with Gasteiger partial charge in [-0.2, -0.15) is 0 Å². The quantitative estimate of drug-likeness (QED) is 0.784. The fourth-order valence-electron chi connectivity index (χ4n) is 3.15. The third kappa shape index (κ3) is 6.83. The van der Waals surface area contributed by atoms with E-state index in [0.717, 1.165) is 45.0 Å². The molecule has 5 heteroatoms. The number of rotatable bonds is 7. The van der Waals surface area contributed by atoms with Crippen molar-refractivity contribution >= 4 is 29.3 Å². The molecule has 1 fully saturated rings.